The van der Waals surface area contributed by atoms with Crippen LogP contribution in [0, 0.1) is 0 Å². The summed E-state index contributed by atoms with van der Waals surface area (Å²) < 4.78 is 43.1. The van der Waals surface area contributed by atoms with E-state index in [-0.39, 0.29) is 24.1 Å². The maximum absolute atomic E-state index is 13.2. The lowest BCUT2D eigenvalue weighted by molar-refractivity contribution is -0.274. The van der Waals surface area contributed by atoms with Crippen molar-refractivity contribution in [3.05, 3.63) is 71.7 Å². The highest BCUT2D eigenvalue weighted by Crippen LogP contribution is 2.28. The molecule has 0 fully saturated rings. The molecule has 4 heterocycles. The summed E-state index contributed by atoms with van der Waals surface area (Å²) in [6.45, 7) is 0.566. The predicted octanol–water partition coefficient (Wildman–Crippen LogP) is 3.47. The van der Waals surface area contributed by atoms with Crippen molar-refractivity contribution in [3.8, 4) is 16.9 Å². The Balaban J connectivity index is 1.40. The highest BCUT2D eigenvalue weighted by molar-refractivity contribution is 5.97. The molecule has 0 bridgehead atoms. The van der Waals surface area contributed by atoms with E-state index in [0.29, 0.717) is 35.4 Å². The minimum absolute atomic E-state index is 0.155. The molecule has 0 saturated heterocycles. The van der Waals surface area contributed by atoms with Crippen molar-refractivity contribution in [3.63, 3.8) is 0 Å². The van der Waals surface area contributed by atoms with Gasteiger partial charge in [-0.15, -0.1) is 18.3 Å². The van der Waals surface area contributed by atoms with Gasteiger partial charge in [-0.05, 0) is 41.5 Å². The Bertz CT molecular complexity index is 1370. The lowest BCUT2D eigenvalue weighted by Crippen LogP contribution is -2.37. The number of nitrogens with zero attached hydrogens (tertiary/aromatic N) is 5. The van der Waals surface area contributed by atoms with E-state index >= 15 is 0 Å². The molecule has 1 aliphatic rings. The number of hydrogen-bond acceptors (Lipinski definition) is 6. The Morgan fingerprint density at radius 1 is 1.12 bits per heavy atom. The van der Waals surface area contributed by atoms with Crippen molar-refractivity contribution in [1.82, 2.24) is 24.5 Å². The fourth-order valence-corrected chi connectivity index (χ4v) is 3.84. The van der Waals surface area contributed by atoms with Gasteiger partial charge in [-0.1, -0.05) is 12.1 Å². The number of alkyl halides is 3. The number of aromatic nitrogens is 4. The maximum atomic E-state index is 13.2. The predicted molar refractivity (Wildman–Crippen MR) is 112 cm³/mol. The number of pyridine rings is 2. The Hall–Kier alpha value is -4.15. The second kappa shape index (κ2) is 7.76. The molecule has 1 amide bonds. The monoisotopic (exact) mass is 454 g/mol. The first kappa shape index (κ1) is 20.7. The summed E-state index contributed by atoms with van der Waals surface area (Å²) in [6, 6.07) is 11.0. The van der Waals surface area contributed by atoms with Gasteiger partial charge in [0.1, 0.15) is 5.75 Å². The van der Waals surface area contributed by atoms with Gasteiger partial charge >= 0.3 is 6.36 Å². The second-order valence-electron chi connectivity index (χ2n) is 7.58. The van der Waals surface area contributed by atoms with Gasteiger partial charge in [0.05, 0.1) is 11.3 Å². The van der Waals surface area contributed by atoms with E-state index in [2.05, 4.69) is 19.8 Å². The molecule has 168 valence electrons. The fourth-order valence-electron chi connectivity index (χ4n) is 3.84. The van der Waals surface area contributed by atoms with Crippen LogP contribution in [0.2, 0.25) is 0 Å². The van der Waals surface area contributed by atoms with E-state index in [1.165, 1.54) is 18.2 Å². The van der Waals surface area contributed by atoms with Gasteiger partial charge < -0.3 is 15.4 Å². The third kappa shape index (κ3) is 4.29. The number of rotatable bonds is 4. The van der Waals surface area contributed by atoms with Gasteiger partial charge in [-0.2, -0.15) is 4.98 Å². The van der Waals surface area contributed by atoms with Crippen LogP contribution >= 0.6 is 0 Å². The molecule has 8 nitrogen and oxygen atoms in total. The molecular weight excluding hydrogens is 437 g/mol. The van der Waals surface area contributed by atoms with Crippen molar-refractivity contribution in [1.29, 1.82) is 0 Å². The number of hydrogen-bond donors (Lipinski definition) is 1. The smallest absolute Gasteiger partial charge is 0.406 e. The zero-order chi connectivity index (χ0) is 23.2. The first-order valence-electron chi connectivity index (χ1n) is 10.0. The summed E-state index contributed by atoms with van der Waals surface area (Å²) in [5.74, 6) is -0.398. The molecule has 0 atom stereocenters. The number of ether oxygens (including phenoxy) is 1. The standard InChI is InChI=1S/C22H17F3N6O2/c23-22(24,25)33-16-3-1-2-13(8-16)12-30-6-5-18-17(20(30)32)9-15(11-27-18)14-4-7-31-19(10-14)28-21(26)29-31/h1-4,7-11H,5-6,12H2,(H2,26,29). The van der Waals surface area contributed by atoms with Crippen LogP contribution in [0.25, 0.3) is 16.8 Å². The number of amides is 1. The Kier molecular flexibility index (Phi) is 4.88. The fraction of sp³-hybridized carbons (Fsp3) is 0.182. The summed E-state index contributed by atoms with van der Waals surface area (Å²) in [6.07, 6.45) is -0.815. The molecule has 0 saturated carbocycles. The van der Waals surface area contributed by atoms with Gasteiger partial charge in [-0.25, -0.2) is 4.52 Å². The molecule has 1 aliphatic heterocycles. The number of benzene rings is 1. The van der Waals surface area contributed by atoms with Gasteiger partial charge in [0.25, 0.3) is 5.91 Å². The van der Waals surface area contributed by atoms with Crippen LogP contribution < -0.4 is 10.5 Å². The molecule has 11 heteroatoms. The van der Waals surface area contributed by atoms with E-state index in [1.54, 1.807) is 40.0 Å². The molecule has 0 spiro atoms. The SMILES string of the molecule is Nc1nc2cc(-c3cnc4c(c3)C(=O)N(Cc3cccc(OC(F)(F)F)c3)CC4)ccn2n1. The van der Waals surface area contributed by atoms with Crippen LogP contribution in [0.4, 0.5) is 19.1 Å². The largest absolute Gasteiger partial charge is 0.573 e. The molecule has 3 aromatic heterocycles. The average Bonchev–Trinajstić information content (AvgIpc) is 3.14. The molecule has 4 aromatic rings. The molecule has 33 heavy (non-hydrogen) atoms. The number of anilines is 1. The van der Waals surface area contributed by atoms with Gasteiger partial charge in [0.15, 0.2) is 5.65 Å². The van der Waals surface area contributed by atoms with Crippen molar-refractivity contribution < 1.29 is 22.7 Å². The van der Waals surface area contributed by atoms with Crippen molar-refractivity contribution in [2.24, 2.45) is 0 Å². The maximum Gasteiger partial charge on any atom is 0.573 e. The lowest BCUT2D eigenvalue weighted by Gasteiger charge is -2.28. The van der Waals surface area contributed by atoms with E-state index in [1.807, 2.05) is 6.07 Å². The molecule has 1 aromatic carbocycles. The second-order valence-corrected chi connectivity index (χ2v) is 7.58. The van der Waals surface area contributed by atoms with E-state index in [4.69, 9.17) is 5.73 Å². The molecule has 0 unspecified atom stereocenters. The first-order chi connectivity index (χ1) is 15.7. The molecular formula is C22H17F3N6O2. The lowest BCUT2D eigenvalue weighted by atomic mass is 9.99. The Morgan fingerprint density at radius 2 is 1.97 bits per heavy atom. The number of nitrogens with two attached hydrogens (primary N) is 1. The van der Waals surface area contributed by atoms with E-state index in [0.717, 1.165) is 11.1 Å². The van der Waals surface area contributed by atoms with Gasteiger partial charge in [-0.3, -0.25) is 9.78 Å². The minimum atomic E-state index is -4.78. The number of carbonyl (C=O) groups excluding carboxylic acids is 1. The Labute approximate surface area is 185 Å². The van der Waals surface area contributed by atoms with Crippen molar-refractivity contribution in [2.75, 3.05) is 12.3 Å². The topological polar surface area (TPSA) is 98.6 Å². The van der Waals surface area contributed by atoms with Crippen LogP contribution in [0.15, 0.2) is 54.9 Å². The molecule has 0 aliphatic carbocycles. The van der Waals surface area contributed by atoms with Gasteiger partial charge in [0.2, 0.25) is 5.95 Å². The number of fused-ring (bicyclic) bond motifs is 2. The highest BCUT2D eigenvalue weighted by Gasteiger charge is 2.31. The highest BCUT2D eigenvalue weighted by atomic mass is 19.4. The van der Waals surface area contributed by atoms with Crippen molar-refractivity contribution in [2.45, 2.75) is 19.3 Å². The zero-order valence-corrected chi connectivity index (χ0v) is 17.1. The van der Waals surface area contributed by atoms with E-state index < -0.39 is 6.36 Å². The third-order valence-electron chi connectivity index (χ3n) is 5.30. The van der Waals surface area contributed by atoms with Crippen molar-refractivity contribution >= 4 is 17.5 Å². The Morgan fingerprint density at radius 3 is 2.79 bits per heavy atom. The van der Waals surface area contributed by atoms with Crippen LogP contribution in [0.3, 0.4) is 0 Å². The van der Waals surface area contributed by atoms with Crippen LogP contribution in [-0.4, -0.2) is 43.3 Å². The number of carbonyl (C=O) groups is 1. The summed E-state index contributed by atoms with van der Waals surface area (Å²) in [7, 11) is 0. The molecule has 5 rings (SSSR count). The average molecular weight is 454 g/mol. The number of halogens is 3. The first-order valence-corrected chi connectivity index (χ1v) is 10.0. The van der Waals surface area contributed by atoms with Crippen LogP contribution in [0.1, 0.15) is 21.6 Å². The summed E-state index contributed by atoms with van der Waals surface area (Å²) in [5, 5.41) is 4.04. The summed E-state index contributed by atoms with van der Waals surface area (Å²) >= 11 is 0. The molecule has 0 radical (unpaired) electrons. The van der Waals surface area contributed by atoms with Crippen LogP contribution in [0.5, 0.6) is 5.75 Å². The zero-order valence-electron chi connectivity index (χ0n) is 17.1. The third-order valence-corrected chi connectivity index (χ3v) is 5.30. The van der Waals surface area contributed by atoms with Crippen LogP contribution in [-0.2, 0) is 13.0 Å². The minimum Gasteiger partial charge on any atom is -0.406 e. The van der Waals surface area contributed by atoms with Gasteiger partial charge in [0, 0.05) is 37.5 Å². The molecule has 2 N–H and O–H groups in total. The number of nitrogen functional groups attached to an aromatic ring is 1. The summed E-state index contributed by atoms with van der Waals surface area (Å²) in [4.78, 5) is 23.4. The summed E-state index contributed by atoms with van der Waals surface area (Å²) in [5.41, 5.74) is 9.41. The normalized spacial score (nSPS) is 13.9. The quantitative estimate of drug-likeness (QED) is 0.507. The van der Waals surface area contributed by atoms with E-state index in [9.17, 15) is 18.0 Å².